The molecule has 0 aromatic rings. The number of esters is 5. The lowest BCUT2D eigenvalue weighted by Gasteiger charge is -2.44. The molecule has 0 aliphatic carbocycles. The summed E-state index contributed by atoms with van der Waals surface area (Å²) in [5, 5.41) is 13.1. The molecule has 6 atom stereocenters. The highest BCUT2D eigenvalue weighted by Crippen LogP contribution is 2.29. The minimum Gasteiger partial charge on any atom is -0.465 e. The number of nitrogens with one attached hydrogen (secondary N) is 1. The highest BCUT2D eigenvalue weighted by molar-refractivity contribution is 5.87. The maximum Gasteiger partial charge on any atom is 0.325 e. The summed E-state index contributed by atoms with van der Waals surface area (Å²) in [6, 6.07) is 0. The molecule has 0 aromatic carbocycles. The van der Waals surface area contributed by atoms with Gasteiger partial charge in [-0.05, 0) is 6.92 Å². The van der Waals surface area contributed by atoms with Crippen molar-refractivity contribution in [1.82, 2.24) is 5.32 Å². The maximum atomic E-state index is 12.7. The molecule has 1 saturated heterocycles. The molecule has 0 bridgehead atoms. The lowest BCUT2D eigenvalue weighted by Crippen LogP contribution is -2.66. The highest BCUT2D eigenvalue weighted by Gasteiger charge is 2.54. The van der Waals surface area contributed by atoms with Crippen LogP contribution < -0.4 is 5.32 Å². The first-order valence-electron chi connectivity index (χ1n) is 10.3. The molecule has 1 aliphatic heterocycles. The Kier molecular flexibility index (Phi) is 11.4. The zero-order valence-electron chi connectivity index (χ0n) is 19.4. The van der Waals surface area contributed by atoms with Gasteiger partial charge in [0.2, 0.25) is 6.10 Å². The Bertz CT molecular complexity index is 782. The number of hydrogen-bond donors (Lipinski definition) is 2. The number of rotatable bonds is 10. The summed E-state index contributed by atoms with van der Waals surface area (Å²) < 4.78 is 30.5. The number of hydrogen-bond acceptors (Lipinski definition) is 13. The molecule has 1 rings (SSSR count). The van der Waals surface area contributed by atoms with Crippen molar-refractivity contribution in [3.8, 4) is 0 Å². The standard InChI is InChI=1S/C20H29NO13/c1-6-29-14(26)7-21-20(28)19(33-12(5)25)18-15(27)17(32-11(4)24)16(31-10(3)23)13(34-18)8-30-9(2)22/h13,15-19,27H,6-8H2,1-5H3,(H,21,28)/t13-,15-,16-,17-,18?,19?/m1/s1. The topological polar surface area (TPSA) is 190 Å². The van der Waals surface area contributed by atoms with Gasteiger partial charge in [-0.3, -0.25) is 28.8 Å². The van der Waals surface area contributed by atoms with E-state index < -0.39 is 85.5 Å². The quantitative estimate of drug-likeness (QED) is 0.256. The molecule has 2 unspecified atom stereocenters. The van der Waals surface area contributed by atoms with Gasteiger partial charge in [0.15, 0.2) is 12.2 Å². The number of carbonyl (C=O) groups excluding carboxylic acids is 6. The average molecular weight is 491 g/mol. The van der Waals surface area contributed by atoms with Gasteiger partial charge < -0.3 is 38.8 Å². The van der Waals surface area contributed by atoms with Crippen LogP contribution >= 0.6 is 0 Å². The molecule has 0 aromatic heterocycles. The zero-order chi connectivity index (χ0) is 26.0. The predicted molar refractivity (Wildman–Crippen MR) is 108 cm³/mol. The molecule has 1 heterocycles. The SMILES string of the molecule is CCOC(=O)CNC(=O)C(OC(C)=O)C1O[C@H](COC(C)=O)[C@@H](OC(C)=O)[C@H](OC(C)=O)[C@H]1O. The highest BCUT2D eigenvalue weighted by atomic mass is 16.6. The van der Waals surface area contributed by atoms with E-state index in [1.54, 1.807) is 6.92 Å². The fourth-order valence-electron chi connectivity index (χ4n) is 3.12. The van der Waals surface area contributed by atoms with Crippen LogP contribution in [-0.2, 0) is 57.2 Å². The molecule has 0 radical (unpaired) electrons. The smallest absolute Gasteiger partial charge is 0.325 e. The van der Waals surface area contributed by atoms with Crippen LogP contribution in [0, 0.1) is 0 Å². The van der Waals surface area contributed by atoms with Crippen molar-refractivity contribution in [2.45, 2.75) is 71.2 Å². The Morgan fingerprint density at radius 3 is 1.97 bits per heavy atom. The molecular formula is C20H29NO13. The van der Waals surface area contributed by atoms with E-state index in [1.165, 1.54) is 0 Å². The Morgan fingerprint density at radius 2 is 1.47 bits per heavy atom. The van der Waals surface area contributed by atoms with E-state index in [1.807, 2.05) is 0 Å². The Hall–Kier alpha value is -3.26. The number of amides is 1. The van der Waals surface area contributed by atoms with Crippen LogP contribution in [-0.4, -0.2) is 97.2 Å². The third-order valence-electron chi connectivity index (χ3n) is 4.31. The molecule has 1 fully saturated rings. The molecule has 34 heavy (non-hydrogen) atoms. The molecule has 0 saturated carbocycles. The van der Waals surface area contributed by atoms with Crippen molar-refractivity contribution in [2.24, 2.45) is 0 Å². The lowest BCUT2D eigenvalue weighted by atomic mass is 9.91. The lowest BCUT2D eigenvalue weighted by molar-refractivity contribution is -0.261. The van der Waals surface area contributed by atoms with E-state index in [0.717, 1.165) is 27.7 Å². The summed E-state index contributed by atoms with van der Waals surface area (Å²) in [6.45, 7) is 4.69. The van der Waals surface area contributed by atoms with E-state index >= 15 is 0 Å². The maximum absolute atomic E-state index is 12.7. The minimum atomic E-state index is -1.85. The van der Waals surface area contributed by atoms with Crippen molar-refractivity contribution in [3.63, 3.8) is 0 Å². The van der Waals surface area contributed by atoms with Crippen molar-refractivity contribution in [3.05, 3.63) is 0 Å². The second-order valence-electron chi connectivity index (χ2n) is 7.13. The van der Waals surface area contributed by atoms with Gasteiger partial charge in [0.25, 0.3) is 5.91 Å². The Labute approximate surface area is 195 Å². The van der Waals surface area contributed by atoms with Crippen LogP contribution in [0.4, 0.5) is 0 Å². The largest absolute Gasteiger partial charge is 0.465 e. The van der Waals surface area contributed by atoms with Crippen LogP contribution in [0.5, 0.6) is 0 Å². The number of carbonyl (C=O) groups is 6. The van der Waals surface area contributed by atoms with E-state index in [-0.39, 0.29) is 6.61 Å². The third-order valence-corrected chi connectivity index (χ3v) is 4.31. The van der Waals surface area contributed by atoms with Crippen LogP contribution in [0.2, 0.25) is 0 Å². The summed E-state index contributed by atoms with van der Waals surface area (Å²) in [5.41, 5.74) is 0. The fraction of sp³-hybridized carbons (Fsp3) is 0.700. The van der Waals surface area contributed by atoms with Crippen molar-refractivity contribution < 1.29 is 62.3 Å². The van der Waals surface area contributed by atoms with Gasteiger partial charge >= 0.3 is 29.8 Å². The average Bonchev–Trinajstić information content (AvgIpc) is 2.72. The number of ether oxygens (including phenoxy) is 6. The normalized spacial score (nSPS) is 24.7. The second kappa shape index (κ2) is 13.4. The zero-order valence-corrected chi connectivity index (χ0v) is 19.4. The van der Waals surface area contributed by atoms with E-state index in [9.17, 15) is 33.9 Å². The van der Waals surface area contributed by atoms with Crippen LogP contribution in [0.3, 0.4) is 0 Å². The minimum absolute atomic E-state index is 0.0615. The Balaban J connectivity index is 3.31. The van der Waals surface area contributed by atoms with Crippen LogP contribution in [0.25, 0.3) is 0 Å². The summed E-state index contributed by atoms with van der Waals surface area (Å²) in [5.74, 6) is -5.17. The summed E-state index contributed by atoms with van der Waals surface area (Å²) in [7, 11) is 0. The van der Waals surface area contributed by atoms with Gasteiger partial charge in [-0.1, -0.05) is 0 Å². The predicted octanol–water partition coefficient (Wildman–Crippen LogP) is -1.85. The molecule has 1 aliphatic rings. The van der Waals surface area contributed by atoms with Crippen molar-refractivity contribution >= 4 is 35.8 Å². The van der Waals surface area contributed by atoms with Crippen molar-refractivity contribution in [1.29, 1.82) is 0 Å². The summed E-state index contributed by atoms with van der Waals surface area (Å²) >= 11 is 0. The second-order valence-corrected chi connectivity index (χ2v) is 7.13. The van der Waals surface area contributed by atoms with Gasteiger partial charge in [0.1, 0.15) is 31.5 Å². The summed E-state index contributed by atoms with van der Waals surface area (Å²) in [4.78, 5) is 70.6. The first-order chi connectivity index (χ1) is 15.9. The first-order valence-corrected chi connectivity index (χ1v) is 10.3. The first kappa shape index (κ1) is 28.8. The fourth-order valence-corrected chi connectivity index (χ4v) is 3.12. The monoisotopic (exact) mass is 491 g/mol. The van der Waals surface area contributed by atoms with E-state index in [4.69, 9.17) is 28.4 Å². The summed E-state index contributed by atoms with van der Waals surface area (Å²) in [6.07, 6.45) is -9.72. The van der Waals surface area contributed by atoms with E-state index in [2.05, 4.69) is 5.32 Å². The molecule has 192 valence electrons. The van der Waals surface area contributed by atoms with Crippen LogP contribution in [0.15, 0.2) is 0 Å². The Morgan fingerprint density at radius 1 is 0.882 bits per heavy atom. The van der Waals surface area contributed by atoms with Gasteiger partial charge in [-0.15, -0.1) is 0 Å². The van der Waals surface area contributed by atoms with Gasteiger partial charge in [-0.25, -0.2) is 0 Å². The van der Waals surface area contributed by atoms with Gasteiger partial charge in [0, 0.05) is 27.7 Å². The molecular weight excluding hydrogens is 462 g/mol. The molecule has 14 nitrogen and oxygen atoms in total. The van der Waals surface area contributed by atoms with E-state index in [0.29, 0.717) is 0 Å². The third kappa shape index (κ3) is 8.94. The van der Waals surface area contributed by atoms with Crippen LogP contribution in [0.1, 0.15) is 34.6 Å². The van der Waals surface area contributed by atoms with Gasteiger partial charge in [-0.2, -0.15) is 0 Å². The molecule has 1 amide bonds. The molecule has 0 spiro atoms. The molecule has 2 N–H and O–H groups in total. The number of aliphatic hydroxyl groups is 1. The number of aliphatic hydroxyl groups excluding tert-OH is 1. The van der Waals surface area contributed by atoms with Crippen molar-refractivity contribution in [2.75, 3.05) is 19.8 Å². The molecule has 14 heteroatoms. The van der Waals surface area contributed by atoms with Gasteiger partial charge in [0.05, 0.1) is 6.61 Å².